The summed E-state index contributed by atoms with van der Waals surface area (Å²) in [5.41, 5.74) is 0.721. The van der Waals surface area contributed by atoms with Crippen LogP contribution in [0.15, 0.2) is 4.42 Å². The van der Waals surface area contributed by atoms with Crippen molar-refractivity contribution in [3.8, 4) is 0 Å². The first kappa shape index (κ1) is 12.7. The smallest absolute Gasteiger partial charge is 0.292 e. The summed E-state index contributed by atoms with van der Waals surface area (Å²) in [5, 5.41) is 3.41. The monoisotopic (exact) mass is 263 g/mol. The van der Waals surface area contributed by atoms with Gasteiger partial charge in [-0.1, -0.05) is 6.92 Å². The Labute approximate surface area is 113 Å². The summed E-state index contributed by atoms with van der Waals surface area (Å²) < 4.78 is 5.62. The molecule has 19 heavy (non-hydrogen) atoms. The first-order valence-electron chi connectivity index (χ1n) is 7.20. The summed E-state index contributed by atoms with van der Waals surface area (Å²) in [5.74, 6) is 1.12. The van der Waals surface area contributed by atoms with Gasteiger partial charge < -0.3 is 14.6 Å². The van der Waals surface area contributed by atoms with Crippen molar-refractivity contribution in [3.63, 3.8) is 0 Å². The van der Waals surface area contributed by atoms with Gasteiger partial charge in [0.15, 0.2) is 5.89 Å². The lowest BCUT2D eigenvalue weighted by molar-refractivity contribution is 0.0644. The van der Waals surface area contributed by atoms with Gasteiger partial charge in [0.2, 0.25) is 5.76 Å². The van der Waals surface area contributed by atoms with E-state index in [0.717, 1.165) is 44.5 Å². The maximum Gasteiger partial charge on any atom is 0.292 e. The van der Waals surface area contributed by atoms with E-state index >= 15 is 0 Å². The zero-order valence-electron chi connectivity index (χ0n) is 11.6. The van der Waals surface area contributed by atoms with Crippen molar-refractivity contribution in [2.45, 2.75) is 51.6 Å². The van der Waals surface area contributed by atoms with E-state index in [-0.39, 0.29) is 5.91 Å². The standard InChI is InChI=1S/C14H21N3O2/c1-3-12-16-9(2)13(19-12)14(18)17-10-4-5-11(17)8-15-7-6-10/h10-11,15H,3-8H2,1-2H3/t10-,11+/m0/s1. The van der Waals surface area contributed by atoms with Crippen molar-refractivity contribution in [3.05, 3.63) is 17.3 Å². The van der Waals surface area contributed by atoms with Crippen molar-refractivity contribution in [2.75, 3.05) is 13.1 Å². The van der Waals surface area contributed by atoms with Crippen LogP contribution in [-0.2, 0) is 6.42 Å². The quantitative estimate of drug-likeness (QED) is 0.878. The van der Waals surface area contributed by atoms with Crippen LogP contribution >= 0.6 is 0 Å². The predicted octanol–water partition coefficient (Wildman–Crippen LogP) is 1.51. The molecule has 3 rings (SSSR count). The third-order valence-electron chi connectivity index (χ3n) is 4.23. The largest absolute Gasteiger partial charge is 0.435 e. The van der Waals surface area contributed by atoms with E-state index in [4.69, 9.17) is 4.42 Å². The first-order chi connectivity index (χ1) is 9.20. The summed E-state index contributed by atoms with van der Waals surface area (Å²) in [7, 11) is 0. The molecule has 1 N–H and O–H groups in total. The summed E-state index contributed by atoms with van der Waals surface area (Å²) in [6, 6.07) is 0.677. The number of nitrogens with zero attached hydrogens (tertiary/aromatic N) is 2. The second kappa shape index (κ2) is 4.96. The van der Waals surface area contributed by atoms with Crippen LogP contribution in [0.5, 0.6) is 0 Å². The molecule has 5 nitrogen and oxygen atoms in total. The molecule has 2 bridgehead atoms. The van der Waals surface area contributed by atoms with E-state index < -0.39 is 0 Å². The minimum Gasteiger partial charge on any atom is -0.435 e. The molecule has 0 spiro atoms. The van der Waals surface area contributed by atoms with Gasteiger partial charge in [-0.25, -0.2) is 4.98 Å². The summed E-state index contributed by atoms with van der Waals surface area (Å²) in [4.78, 5) is 19.1. The van der Waals surface area contributed by atoms with Gasteiger partial charge in [0.25, 0.3) is 5.91 Å². The van der Waals surface area contributed by atoms with E-state index in [1.54, 1.807) is 0 Å². The lowest BCUT2D eigenvalue weighted by Crippen LogP contribution is -2.42. The number of carbonyl (C=O) groups excluding carboxylic acids is 1. The molecule has 0 saturated carbocycles. The van der Waals surface area contributed by atoms with Crippen LogP contribution < -0.4 is 5.32 Å². The number of hydrogen-bond acceptors (Lipinski definition) is 4. The molecule has 2 aliphatic heterocycles. The molecule has 5 heteroatoms. The van der Waals surface area contributed by atoms with Crippen LogP contribution in [0.25, 0.3) is 0 Å². The molecule has 0 aliphatic carbocycles. The Morgan fingerprint density at radius 1 is 1.42 bits per heavy atom. The van der Waals surface area contributed by atoms with Crippen molar-refractivity contribution >= 4 is 5.91 Å². The molecule has 1 amide bonds. The number of aromatic nitrogens is 1. The molecule has 0 unspecified atom stereocenters. The van der Waals surface area contributed by atoms with Gasteiger partial charge in [-0.05, 0) is 32.7 Å². The van der Waals surface area contributed by atoms with E-state index in [1.807, 2.05) is 18.7 Å². The zero-order chi connectivity index (χ0) is 13.4. The van der Waals surface area contributed by atoms with E-state index in [2.05, 4.69) is 10.3 Å². The Morgan fingerprint density at radius 2 is 2.21 bits per heavy atom. The molecule has 104 valence electrons. The SMILES string of the molecule is CCc1nc(C)c(C(=O)N2[C@@H]3CCNC[C@H]2CC3)o1. The molecule has 0 aromatic carbocycles. The van der Waals surface area contributed by atoms with Crippen LogP contribution in [0.3, 0.4) is 0 Å². The Hall–Kier alpha value is -1.36. The Bertz CT molecular complexity index is 469. The van der Waals surface area contributed by atoms with Crippen LogP contribution in [0.1, 0.15) is 48.3 Å². The van der Waals surface area contributed by atoms with Gasteiger partial charge in [0.05, 0.1) is 5.69 Å². The molecule has 2 atom stereocenters. The third kappa shape index (κ3) is 2.16. The molecular formula is C14H21N3O2. The Kier molecular flexibility index (Phi) is 3.31. The number of oxazole rings is 1. The van der Waals surface area contributed by atoms with Crippen LogP contribution in [0.4, 0.5) is 0 Å². The Balaban J connectivity index is 1.88. The number of aryl methyl sites for hydroxylation is 2. The highest BCUT2D eigenvalue weighted by molar-refractivity contribution is 5.93. The van der Waals surface area contributed by atoms with Gasteiger partial charge in [-0.15, -0.1) is 0 Å². The molecule has 2 fully saturated rings. The number of nitrogens with one attached hydrogen (secondary N) is 1. The third-order valence-corrected chi connectivity index (χ3v) is 4.23. The van der Waals surface area contributed by atoms with Crippen molar-refractivity contribution in [1.82, 2.24) is 15.2 Å². The summed E-state index contributed by atoms with van der Waals surface area (Å²) in [6.45, 7) is 5.74. The topological polar surface area (TPSA) is 58.4 Å². The van der Waals surface area contributed by atoms with E-state index in [0.29, 0.717) is 23.7 Å². The lowest BCUT2D eigenvalue weighted by atomic mass is 10.1. The first-order valence-corrected chi connectivity index (χ1v) is 7.20. The number of fused-ring (bicyclic) bond motifs is 2. The van der Waals surface area contributed by atoms with Crippen molar-refractivity contribution in [2.24, 2.45) is 0 Å². The fourth-order valence-corrected chi connectivity index (χ4v) is 3.23. The zero-order valence-corrected chi connectivity index (χ0v) is 11.6. The molecule has 1 aromatic heterocycles. The minimum absolute atomic E-state index is 0.0286. The van der Waals surface area contributed by atoms with Crippen LogP contribution in [-0.4, -0.2) is 41.0 Å². The molecule has 0 radical (unpaired) electrons. The van der Waals surface area contributed by atoms with Gasteiger partial charge in [0.1, 0.15) is 0 Å². The van der Waals surface area contributed by atoms with Gasteiger partial charge in [0, 0.05) is 25.0 Å². The average molecular weight is 263 g/mol. The maximum atomic E-state index is 12.7. The predicted molar refractivity (Wildman–Crippen MR) is 71.1 cm³/mol. The summed E-state index contributed by atoms with van der Waals surface area (Å²) in [6.07, 6.45) is 3.97. The highest BCUT2D eigenvalue weighted by atomic mass is 16.4. The van der Waals surface area contributed by atoms with Crippen LogP contribution in [0.2, 0.25) is 0 Å². The number of rotatable bonds is 2. The second-order valence-corrected chi connectivity index (χ2v) is 5.47. The number of carbonyl (C=O) groups is 1. The lowest BCUT2D eigenvalue weighted by Gasteiger charge is -2.26. The van der Waals surface area contributed by atoms with E-state index in [1.165, 1.54) is 0 Å². The molecular weight excluding hydrogens is 242 g/mol. The molecule has 2 aliphatic rings. The second-order valence-electron chi connectivity index (χ2n) is 5.47. The fraction of sp³-hybridized carbons (Fsp3) is 0.714. The van der Waals surface area contributed by atoms with Crippen molar-refractivity contribution < 1.29 is 9.21 Å². The number of hydrogen-bond donors (Lipinski definition) is 1. The van der Waals surface area contributed by atoms with Gasteiger partial charge in [-0.3, -0.25) is 4.79 Å². The van der Waals surface area contributed by atoms with Gasteiger partial charge >= 0.3 is 0 Å². The molecule has 1 aromatic rings. The molecule has 3 heterocycles. The van der Waals surface area contributed by atoms with Crippen molar-refractivity contribution in [1.29, 1.82) is 0 Å². The highest BCUT2D eigenvalue weighted by Crippen LogP contribution is 2.30. The summed E-state index contributed by atoms with van der Waals surface area (Å²) >= 11 is 0. The highest BCUT2D eigenvalue weighted by Gasteiger charge is 2.40. The minimum atomic E-state index is 0.0286. The maximum absolute atomic E-state index is 12.7. The fourth-order valence-electron chi connectivity index (χ4n) is 3.23. The normalized spacial score (nSPS) is 26.5. The van der Waals surface area contributed by atoms with Gasteiger partial charge in [-0.2, -0.15) is 0 Å². The van der Waals surface area contributed by atoms with Crippen LogP contribution in [0, 0.1) is 6.92 Å². The Morgan fingerprint density at radius 3 is 2.95 bits per heavy atom. The molecule has 2 saturated heterocycles. The van der Waals surface area contributed by atoms with E-state index in [9.17, 15) is 4.79 Å². The average Bonchev–Trinajstić information content (AvgIpc) is 2.88. The number of amides is 1.